The molecule has 7 heteroatoms. The topological polar surface area (TPSA) is 74.8 Å². The van der Waals surface area contributed by atoms with Crippen LogP contribution >= 0.6 is 34.2 Å². The normalized spacial score (nSPS) is 10.4. The predicted molar refractivity (Wildman–Crippen MR) is 101 cm³/mol. The number of aromatic nitrogens is 2. The number of halogens is 2. The zero-order valence-electron chi connectivity index (χ0n) is 12.2. The van der Waals surface area contributed by atoms with Gasteiger partial charge in [0.25, 0.3) is 5.91 Å². The van der Waals surface area contributed by atoms with Gasteiger partial charge in [-0.2, -0.15) is 5.10 Å². The van der Waals surface area contributed by atoms with E-state index in [1.54, 1.807) is 48.7 Å². The second-order valence-electron chi connectivity index (χ2n) is 4.93. The van der Waals surface area contributed by atoms with E-state index in [9.17, 15) is 9.59 Å². The average Bonchev–Trinajstić information content (AvgIpc) is 3.02. The van der Waals surface area contributed by atoms with E-state index in [2.05, 4.69) is 15.5 Å². The summed E-state index contributed by atoms with van der Waals surface area (Å²) in [5, 5.41) is 9.62. The second-order valence-corrected chi connectivity index (χ2v) is 6.53. The third-order valence-electron chi connectivity index (χ3n) is 3.33. The van der Waals surface area contributed by atoms with Crippen molar-refractivity contribution in [2.45, 2.75) is 0 Å². The van der Waals surface area contributed by atoms with Crippen molar-refractivity contribution in [1.29, 1.82) is 0 Å². The Hall–Kier alpha value is -2.19. The fourth-order valence-corrected chi connectivity index (χ4v) is 2.85. The molecular formula is C17H11ClIN3O2. The van der Waals surface area contributed by atoms with Gasteiger partial charge < -0.3 is 5.32 Å². The molecule has 1 aromatic heterocycles. The Balaban J connectivity index is 1.96. The molecule has 1 amide bonds. The van der Waals surface area contributed by atoms with E-state index in [-0.39, 0.29) is 11.7 Å². The van der Waals surface area contributed by atoms with E-state index in [1.807, 2.05) is 28.7 Å². The van der Waals surface area contributed by atoms with Crippen LogP contribution in [0.25, 0.3) is 0 Å². The Morgan fingerprint density at radius 2 is 1.88 bits per heavy atom. The highest BCUT2D eigenvalue weighted by Gasteiger charge is 2.18. The monoisotopic (exact) mass is 451 g/mol. The Bertz CT molecular complexity index is 909. The number of nitrogens with zero attached hydrogens (tertiary/aromatic N) is 1. The highest BCUT2D eigenvalue weighted by atomic mass is 127. The average molecular weight is 452 g/mol. The molecule has 1 heterocycles. The van der Waals surface area contributed by atoms with Crippen molar-refractivity contribution in [3.05, 3.63) is 80.1 Å². The molecule has 2 aromatic carbocycles. The Morgan fingerprint density at radius 1 is 1.12 bits per heavy atom. The molecule has 0 aliphatic heterocycles. The number of ketones is 1. The van der Waals surface area contributed by atoms with Crippen LogP contribution in [0.4, 0.5) is 5.69 Å². The molecule has 0 aliphatic carbocycles. The molecule has 0 saturated carbocycles. The standard InChI is InChI=1S/C17H11ClIN3O2/c18-11-6-7-14(21-17(24)15-13(19)9-20-22-15)12(8-11)16(23)10-4-2-1-3-5-10/h1-9H,(H,20,22)(H,21,24). The molecule has 0 saturated heterocycles. The van der Waals surface area contributed by atoms with E-state index >= 15 is 0 Å². The zero-order chi connectivity index (χ0) is 17.1. The van der Waals surface area contributed by atoms with Crippen molar-refractivity contribution in [3.8, 4) is 0 Å². The van der Waals surface area contributed by atoms with Gasteiger partial charge in [0.2, 0.25) is 0 Å². The molecule has 0 unspecified atom stereocenters. The van der Waals surface area contributed by atoms with Gasteiger partial charge in [-0.05, 0) is 40.8 Å². The van der Waals surface area contributed by atoms with E-state index in [0.29, 0.717) is 31.1 Å². The van der Waals surface area contributed by atoms with Gasteiger partial charge in [0.05, 0.1) is 15.5 Å². The van der Waals surface area contributed by atoms with Gasteiger partial charge in [-0.1, -0.05) is 41.9 Å². The number of amides is 1. The summed E-state index contributed by atoms with van der Waals surface area (Å²) >= 11 is 8.03. The lowest BCUT2D eigenvalue weighted by molar-refractivity contribution is 0.102. The molecule has 120 valence electrons. The van der Waals surface area contributed by atoms with E-state index in [1.165, 1.54) is 0 Å². The van der Waals surface area contributed by atoms with Gasteiger partial charge in [0, 0.05) is 16.1 Å². The fourth-order valence-electron chi connectivity index (χ4n) is 2.17. The molecule has 5 nitrogen and oxygen atoms in total. The first-order valence-electron chi connectivity index (χ1n) is 6.96. The largest absolute Gasteiger partial charge is 0.320 e. The molecule has 3 aromatic rings. The summed E-state index contributed by atoms with van der Waals surface area (Å²) in [5.41, 5.74) is 1.58. The van der Waals surface area contributed by atoms with Crippen molar-refractivity contribution in [1.82, 2.24) is 10.2 Å². The molecular weight excluding hydrogens is 441 g/mol. The van der Waals surface area contributed by atoms with E-state index in [0.717, 1.165) is 0 Å². The number of hydrogen-bond donors (Lipinski definition) is 2. The van der Waals surface area contributed by atoms with Crippen molar-refractivity contribution < 1.29 is 9.59 Å². The Labute approximate surface area is 156 Å². The third kappa shape index (κ3) is 3.49. The highest BCUT2D eigenvalue weighted by Crippen LogP contribution is 2.24. The number of H-pyrrole nitrogens is 1. The van der Waals surface area contributed by atoms with Crippen LogP contribution in [0.3, 0.4) is 0 Å². The first-order chi connectivity index (χ1) is 11.6. The molecule has 0 atom stereocenters. The Morgan fingerprint density at radius 3 is 2.54 bits per heavy atom. The lowest BCUT2D eigenvalue weighted by atomic mass is 10.0. The zero-order valence-corrected chi connectivity index (χ0v) is 15.1. The summed E-state index contributed by atoms with van der Waals surface area (Å²) in [4.78, 5) is 25.1. The molecule has 2 N–H and O–H groups in total. The Kier molecular flexibility index (Phi) is 4.96. The van der Waals surface area contributed by atoms with Crippen LogP contribution in [0.1, 0.15) is 26.4 Å². The van der Waals surface area contributed by atoms with E-state index in [4.69, 9.17) is 11.6 Å². The summed E-state index contributed by atoms with van der Waals surface area (Å²) in [6.07, 6.45) is 1.55. The molecule has 0 aliphatic rings. The van der Waals surface area contributed by atoms with Crippen molar-refractivity contribution in [3.63, 3.8) is 0 Å². The second kappa shape index (κ2) is 7.14. The lowest BCUT2D eigenvalue weighted by Crippen LogP contribution is -2.16. The number of rotatable bonds is 4. The van der Waals surface area contributed by atoms with Crippen LogP contribution in [-0.4, -0.2) is 21.9 Å². The number of carbonyl (C=O) groups excluding carboxylic acids is 2. The molecule has 24 heavy (non-hydrogen) atoms. The number of benzene rings is 2. The maximum Gasteiger partial charge on any atom is 0.274 e. The highest BCUT2D eigenvalue weighted by molar-refractivity contribution is 14.1. The first kappa shape index (κ1) is 16.7. The van der Waals surface area contributed by atoms with Crippen molar-refractivity contribution in [2.75, 3.05) is 5.32 Å². The van der Waals surface area contributed by atoms with Gasteiger partial charge in [-0.15, -0.1) is 0 Å². The van der Waals surface area contributed by atoms with E-state index < -0.39 is 0 Å². The maximum atomic E-state index is 12.7. The van der Waals surface area contributed by atoms with Gasteiger partial charge in [0.1, 0.15) is 5.69 Å². The van der Waals surface area contributed by atoms with Crippen LogP contribution in [0.15, 0.2) is 54.7 Å². The number of anilines is 1. The third-order valence-corrected chi connectivity index (χ3v) is 4.38. The van der Waals surface area contributed by atoms with Crippen LogP contribution in [-0.2, 0) is 0 Å². The van der Waals surface area contributed by atoms with Crippen LogP contribution in [0.5, 0.6) is 0 Å². The molecule has 0 spiro atoms. The van der Waals surface area contributed by atoms with Crippen LogP contribution in [0, 0.1) is 3.57 Å². The van der Waals surface area contributed by atoms with Gasteiger partial charge in [-0.25, -0.2) is 0 Å². The quantitative estimate of drug-likeness (QED) is 0.462. The summed E-state index contributed by atoms with van der Waals surface area (Å²) in [6, 6.07) is 13.6. The summed E-state index contributed by atoms with van der Waals surface area (Å²) in [7, 11) is 0. The number of hydrogen-bond acceptors (Lipinski definition) is 3. The van der Waals surface area contributed by atoms with Gasteiger partial charge >= 0.3 is 0 Å². The van der Waals surface area contributed by atoms with Gasteiger partial charge in [-0.3, -0.25) is 14.7 Å². The SMILES string of the molecule is O=C(c1ccccc1)c1cc(Cl)ccc1NC(=O)c1[nH]ncc1I. The minimum Gasteiger partial charge on any atom is -0.320 e. The smallest absolute Gasteiger partial charge is 0.274 e. The summed E-state index contributed by atoms with van der Waals surface area (Å²) in [5.74, 6) is -0.589. The van der Waals surface area contributed by atoms with Gasteiger partial charge in [0.15, 0.2) is 5.78 Å². The minimum absolute atomic E-state index is 0.215. The molecule has 0 radical (unpaired) electrons. The van der Waals surface area contributed by atoms with Crippen LogP contribution < -0.4 is 5.32 Å². The molecule has 0 fully saturated rings. The summed E-state index contributed by atoms with van der Waals surface area (Å²) < 4.78 is 0.690. The first-order valence-corrected chi connectivity index (χ1v) is 8.41. The number of aromatic amines is 1. The number of nitrogens with one attached hydrogen (secondary N) is 2. The van der Waals surface area contributed by atoms with Crippen molar-refractivity contribution in [2.24, 2.45) is 0 Å². The molecule has 3 rings (SSSR count). The predicted octanol–water partition coefficient (Wildman–Crippen LogP) is 4.15. The maximum absolute atomic E-state index is 12.7. The molecule has 0 bridgehead atoms. The van der Waals surface area contributed by atoms with Crippen molar-refractivity contribution >= 4 is 51.6 Å². The fraction of sp³-hybridized carbons (Fsp3) is 0. The lowest BCUT2D eigenvalue weighted by Gasteiger charge is -2.11. The summed E-state index contributed by atoms with van der Waals surface area (Å²) in [6.45, 7) is 0. The minimum atomic E-state index is -0.374. The van der Waals surface area contributed by atoms with Crippen LogP contribution in [0.2, 0.25) is 5.02 Å². The number of carbonyl (C=O) groups is 2.